The van der Waals surface area contributed by atoms with Crippen molar-refractivity contribution in [3.8, 4) is 5.75 Å². The molecule has 1 fully saturated rings. The van der Waals surface area contributed by atoms with E-state index in [0.717, 1.165) is 25.0 Å². The molecule has 32 heavy (non-hydrogen) atoms. The highest BCUT2D eigenvalue weighted by atomic mass is 35.5. The molecule has 2 atom stereocenters. The van der Waals surface area contributed by atoms with Crippen LogP contribution in [0, 0.1) is 6.92 Å². The van der Waals surface area contributed by atoms with E-state index in [0.29, 0.717) is 39.4 Å². The van der Waals surface area contributed by atoms with Crippen molar-refractivity contribution in [2.24, 2.45) is 0 Å². The lowest BCUT2D eigenvalue weighted by molar-refractivity contribution is 0.0507. The molecule has 2 aliphatic rings. The predicted molar refractivity (Wildman–Crippen MR) is 121 cm³/mol. The van der Waals surface area contributed by atoms with Gasteiger partial charge in [0, 0.05) is 29.1 Å². The molecule has 2 aromatic carbocycles. The standard InChI is InChI=1S/C25H24ClNO5/c1-14-21-19(31-23(14)24(29)27-13-17-4-3-11-30-17)9-10-20-22(21)18(28)12-25(2,32-20)15-5-7-16(26)8-6-15/h5-10,17H,3-4,11-13H2,1-2H3,(H,27,29)/t17-,25+/m0/s1. The van der Waals surface area contributed by atoms with Crippen LogP contribution in [0.1, 0.15) is 58.2 Å². The fourth-order valence-corrected chi connectivity index (χ4v) is 4.76. The Morgan fingerprint density at radius 2 is 2.00 bits per heavy atom. The predicted octanol–water partition coefficient (Wildman–Crippen LogP) is 5.18. The zero-order valence-electron chi connectivity index (χ0n) is 18.0. The number of Topliss-reactive ketones (excluding diaryl/α,β-unsaturated/α-hetero) is 1. The van der Waals surface area contributed by atoms with Gasteiger partial charge in [0.1, 0.15) is 16.9 Å². The molecule has 0 unspecified atom stereocenters. The maximum Gasteiger partial charge on any atom is 0.287 e. The first-order chi connectivity index (χ1) is 15.4. The molecule has 2 aliphatic heterocycles. The molecule has 1 saturated heterocycles. The maximum atomic E-state index is 13.3. The Balaban J connectivity index is 1.48. The number of aryl methyl sites for hydroxylation is 1. The topological polar surface area (TPSA) is 77.8 Å². The summed E-state index contributed by atoms with van der Waals surface area (Å²) in [6, 6.07) is 10.8. The monoisotopic (exact) mass is 453 g/mol. The molecule has 5 rings (SSSR count). The number of carbonyl (C=O) groups is 2. The first kappa shape index (κ1) is 21.0. The Hall–Kier alpha value is -2.83. The van der Waals surface area contributed by atoms with Gasteiger partial charge in [-0.2, -0.15) is 0 Å². The minimum atomic E-state index is -0.804. The third-order valence-electron chi connectivity index (χ3n) is 6.34. The van der Waals surface area contributed by atoms with Crippen molar-refractivity contribution in [3.05, 3.63) is 63.9 Å². The number of benzene rings is 2. The molecule has 3 aromatic rings. The summed E-state index contributed by atoms with van der Waals surface area (Å²) in [5, 5.41) is 4.15. The SMILES string of the molecule is Cc1c(C(=O)NC[C@@H]2CCCO2)oc2ccc3c(c12)C(=O)C[C@](C)(c1ccc(Cl)cc1)O3. The van der Waals surface area contributed by atoms with E-state index in [1.54, 1.807) is 31.2 Å². The lowest BCUT2D eigenvalue weighted by Gasteiger charge is -2.35. The molecule has 7 heteroatoms. The van der Waals surface area contributed by atoms with E-state index in [-0.39, 0.29) is 30.0 Å². The van der Waals surface area contributed by atoms with E-state index in [1.807, 2.05) is 19.1 Å². The Kier molecular flexibility index (Phi) is 5.22. The van der Waals surface area contributed by atoms with Gasteiger partial charge in [-0.1, -0.05) is 23.7 Å². The van der Waals surface area contributed by atoms with Gasteiger partial charge >= 0.3 is 0 Å². The van der Waals surface area contributed by atoms with E-state index in [1.165, 1.54) is 0 Å². The number of halogens is 1. The highest BCUT2D eigenvalue weighted by molar-refractivity contribution is 6.30. The molecule has 6 nitrogen and oxygen atoms in total. The summed E-state index contributed by atoms with van der Waals surface area (Å²) in [5.41, 5.74) is 1.67. The van der Waals surface area contributed by atoms with Gasteiger partial charge in [-0.3, -0.25) is 9.59 Å². The normalized spacial score (nSPS) is 22.6. The van der Waals surface area contributed by atoms with Gasteiger partial charge in [0.25, 0.3) is 5.91 Å². The summed E-state index contributed by atoms with van der Waals surface area (Å²) >= 11 is 6.02. The van der Waals surface area contributed by atoms with Gasteiger partial charge in [-0.25, -0.2) is 0 Å². The number of hydrogen-bond donors (Lipinski definition) is 1. The van der Waals surface area contributed by atoms with E-state index in [9.17, 15) is 9.59 Å². The molecule has 3 heterocycles. The number of fused-ring (bicyclic) bond motifs is 3. The van der Waals surface area contributed by atoms with Crippen LogP contribution in [0.3, 0.4) is 0 Å². The number of carbonyl (C=O) groups excluding carboxylic acids is 2. The second kappa shape index (κ2) is 7.94. The van der Waals surface area contributed by atoms with Crippen LogP contribution in [0.5, 0.6) is 5.75 Å². The molecule has 166 valence electrons. The first-order valence-electron chi connectivity index (χ1n) is 10.8. The smallest absolute Gasteiger partial charge is 0.287 e. The number of hydrogen-bond acceptors (Lipinski definition) is 5. The lowest BCUT2D eigenvalue weighted by atomic mass is 9.84. The van der Waals surface area contributed by atoms with Crippen LogP contribution in [0.15, 0.2) is 40.8 Å². The third kappa shape index (κ3) is 3.57. The molecule has 1 aromatic heterocycles. The first-order valence-corrected chi connectivity index (χ1v) is 11.2. The number of ether oxygens (including phenoxy) is 2. The number of rotatable bonds is 4. The summed E-state index contributed by atoms with van der Waals surface area (Å²) < 4.78 is 17.8. The van der Waals surface area contributed by atoms with Crippen LogP contribution >= 0.6 is 11.6 Å². The second-order valence-electron chi connectivity index (χ2n) is 8.65. The molecule has 0 aliphatic carbocycles. The van der Waals surface area contributed by atoms with Crippen molar-refractivity contribution < 1.29 is 23.5 Å². The van der Waals surface area contributed by atoms with E-state index in [2.05, 4.69) is 5.32 Å². The molecular weight excluding hydrogens is 430 g/mol. The third-order valence-corrected chi connectivity index (χ3v) is 6.60. The van der Waals surface area contributed by atoms with Gasteiger partial charge < -0.3 is 19.2 Å². The van der Waals surface area contributed by atoms with Crippen molar-refractivity contribution >= 4 is 34.3 Å². The summed E-state index contributed by atoms with van der Waals surface area (Å²) in [6.07, 6.45) is 2.15. The van der Waals surface area contributed by atoms with Gasteiger partial charge in [-0.15, -0.1) is 0 Å². The average molecular weight is 454 g/mol. The average Bonchev–Trinajstić information content (AvgIpc) is 3.40. The number of nitrogens with one attached hydrogen (secondary N) is 1. The molecule has 0 spiro atoms. The lowest BCUT2D eigenvalue weighted by Crippen LogP contribution is -2.36. The van der Waals surface area contributed by atoms with Crippen molar-refractivity contribution in [1.29, 1.82) is 0 Å². The van der Waals surface area contributed by atoms with Crippen LogP contribution in [0.2, 0.25) is 5.02 Å². The van der Waals surface area contributed by atoms with Crippen molar-refractivity contribution in [2.75, 3.05) is 13.2 Å². The van der Waals surface area contributed by atoms with Gasteiger partial charge in [0.05, 0.1) is 18.1 Å². The minimum Gasteiger partial charge on any atom is -0.482 e. The van der Waals surface area contributed by atoms with E-state index < -0.39 is 5.60 Å². The van der Waals surface area contributed by atoms with Crippen LogP contribution in [-0.2, 0) is 10.3 Å². The Morgan fingerprint density at radius 1 is 1.22 bits per heavy atom. The zero-order valence-corrected chi connectivity index (χ0v) is 18.8. The molecular formula is C25H24ClNO5. The van der Waals surface area contributed by atoms with Crippen LogP contribution < -0.4 is 10.1 Å². The summed E-state index contributed by atoms with van der Waals surface area (Å²) in [4.78, 5) is 26.1. The number of furan rings is 1. The fourth-order valence-electron chi connectivity index (χ4n) is 4.63. The number of ketones is 1. The van der Waals surface area contributed by atoms with Gasteiger partial charge in [-0.05, 0) is 56.5 Å². The van der Waals surface area contributed by atoms with Crippen molar-refractivity contribution in [2.45, 2.75) is 44.8 Å². The summed E-state index contributed by atoms with van der Waals surface area (Å²) in [5.74, 6) is 0.342. The van der Waals surface area contributed by atoms with Crippen molar-refractivity contribution in [3.63, 3.8) is 0 Å². The Morgan fingerprint density at radius 3 is 2.72 bits per heavy atom. The number of amides is 1. The molecule has 0 saturated carbocycles. The van der Waals surface area contributed by atoms with Gasteiger partial charge in [0.15, 0.2) is 11.5 Å². The van der Waals surface area contributed by atoms with Crippen LogP contribution in [-0.4, -0.2) is 30.9 Å². The molecule has 1 amide bonds. The van der Waals surface area contributed by atoms with Crippen LogP contribution in [0.25, 0.3) is 11.0 Å². The van der Waals surface area contributed by atoms with Crippen LogP contribution in [0.4, 0.5) is 0 Å². The Bertz CT molecular complexity index is 1210. The Labute approximate surface area is 190 Å². The quantitative estimate of drug-likeness (QED) is 0.588. The highest BCUT2D eigenvalue weighted by Crippen LogP contribution is 2.44. The summed E-state index contributed by atoms with van der Waals surface area (Å²) in [6.45, 7) is 4.86. The van der Waals surface area contributed by atoms with E-state index >= 15 is 0 Å². The van der Waals surface area contributed by atoms with Gasteiger partial charge in [0.2, 0.25) is 0 Å². The molecule has 1 N–H and O–H groups in total. The zero-order chi connectivity index (χ0) is 22.5. The highest BCUT2D eigenvalue weighted by Gasteiger charge is 2.40. The second-order valence-corrected chi connectivity index (χ2v) is 9.09. The largest absolute Gasteiger partial charge is 0.482 e. The molecule has 0 radical (unpaired) electrons. The van der Waals surface area contributed by atoms with E-state index in [4.69, 9.17) is 25.5 Å². The maximum absolute atomic E-state index is 13.3. The molecule has 0 bridgehead atoms. The summed E-state index contributed by atoms with van der Waals surface area (Å²) in [7, 11) is 0. The fraction of sp³-hybridized carbons (Fsp3) is 0.360. The minimum absolute atomic E-state index is 0.0388. The van der Waals surface area contributed by atoms with Crippen molar-refractivity contribution in [1.82, 2.24) is 5.32 Å².